The number of amides is 1. The quantitative estimate of drug-likeness (QED) is 0.625. The monoisotopic (exact) mass is 247 g/mol. The van der Waals surface area contributed by atoms with Crippen molar-refractivity contribution < 1.29 is 14.7 Å². The Labute approximate surface area is 103 Å². The molecule has 3 rings (SSSR count). The Morgan fingerprint density at radius 3 is 3.11 bits per heavy atom. The van der Waals surface area contributed by atoms with E-state index in [4.69, 9.17) is 9.94 Å². The molecule has 1 fully saturated rings. The predicted octanol–water partition coefficient (Wildman–Crippen LogP) is 0.944. The zero-order valence-corrected chi connectivity index (χ0v) is 9.67. The smallest absolute Gasteiger partial charge is 0.274 e. The maximum Gasteiger partial charge on any atom is 0.274 e. The van der Waals surface area contributed by atoms with E-state index in [9.17, 15) is 4.79 Å². The SMILES string of the molecule is O=C(NO)c1ccc2c(c1)ncn2CC1CCO1. The summed E-state index contributed by atoms with van der Waals surface area (Å²) in [6.45, 7) is 1.61. The average Bonchev–Trinajstić information content (AvgIpc) is 2.75. The highest BCUT2D eigenvalue weighted by Gasteiger charge is 2.19. The van der Waals surface area contributed by atoms with E-state index in [1.54, 1.807) is 23.9 Å². The third-order valence-corrected chi connectivity index (χ3v) is 3.18. The van der Waals surface area contributed by atoms with Crippen LogP contribution in [0.1, 0.15) is 16.8 Å². The van der Waals surface area contributed by atoms with Gasteiger partial charge in [0.2, 0.25) is 0 Å². The summed E-state index contributed by atoms with van der Waals surface area (Å²) in [5.41, 5.74) is 3.68. The zero-order chi connectivity index (χ0) is 12.5. The molecule has 2 N–H and O–H groups in total. The summed E-state index contributed by atoms with van der Waals surface area (Å²) < 4.78 is 7.40. The molecule has 6 heteroatoms. The van der Waals surface area contributed by atoms with Crippen molar-refractivity contribution in [2.24, 2.45) is 0 Å². The number of aromatic nitrogens is 2. The number of rotatable bonds is 3. The Morgan fingerprint density at radius 2 is 2.44 bits per heavy atom. The Bertz CT molecular complexity index is 589. The third kappa shape index (κ3) is 1.85. The van der Waals surface area contributed by atoms with E-state index in [0.29, 0.717) is 5.56 Å². The predicted molar refractivity (Wildman–Crippen MR) is 63.3 cm³/mol. The summed E-state index contributed by atoms with van der Waals surface area (Å²) in [6, 6.07) is 5.14. The first kappa shape index (κ1) is 11.2. The lowest BCUT2D eigenvalue weighted by molar-refractivity contribution is -0.0586. The molecule has 1 aromatic heterocycles. The topological polar surface area (TPSA) is 76.4 Å². The molecular weight excluding hydrogens is 234 g/mol. The van der Waals surface area contributed by atoms with Crippen LogP contribution < -0.4 is 5.48 Å². The van der Waals surface area contributed by atoms with Crippen molar-refractivity contribution in [3.8, 4) is 0 Å². The van der Waals surface area contributed by atoms with Crippen LogP contribution in [0.4, 0.5) is 0 Å². The van der Waals surface area contributed by atoms with Crippen molar-refractivity contribution in [2.75, 3.05) is 6.61 Å². The van der Waals surface area contributed by atoms with Crippen molar-refractivity contribution in [1.29, 1.82) is 0 Å². The van der Waals surface area contributed by atoms with E-state index in [1.165, 1.54) is 0 Å². The van der Waals surface area contributed by atoms with Crippen LogP contribution in [-0.2, 0) is 11.3 Å². The minimum Gasteiger partial charge on any atom is -0.376 e. The number of hydroxylamine groups is 1. The lowest BCUT2D eigenvalue weighted by atomic mass is 10.1. The molecule has 0 bridgehead atoms. The molecule has 0 spiro atoms. The molecule has 18 heavy (non-hydrogen) atoms. The van der Waals surface area contributed by atoms with Crippen LogP contribution in [0.5, 0.6) is 0 Å². The second-order valence-electron chi connectivity index (χ2n) is 4.32. The van der Waals surface area contributed by atoms with Crippen LogP contribution in [0.15, 0.2) is 24.5 Å². The minimum atomic E-state index is -0.534. The van der Waals surface area contributed by atoms with Gasteiger partial charge in [-0.15, -0.1) is 0 Å². The summed E-state index contributed by atoms with van der Waals surface area (Å²) in [5.74, 6) is -0.534. The van der Waals surface area contributed by atoms with Gasteiger partial charge in [-0.2, -0.15) is 0 Å². The van der Waals surface area contributed by atoms with E-state index in [0.717, 1.165) is 30.6 Å². The van der Waals surface area contributed by atoms with E-state index in [-0.39, 0.29) is 6.10 Å². The molecule has 1 unspecified atom stereocenters. The van der Waals surface area contributed by atoms with E-state index in [1.807, 2.05) is 10.6 Å². The molecule has 0 aliphatic carbocycles. The van der Waals surface area contributed by atoms with Gasteiger partial charge in [-0.05, 0) is 24.6 Å². The molecule has 0 radical (unpaired) electrons. The van der Waals surface area contributed by atoms with Gasteiger partial charge in [0.25, 0.3) is 5.91 Å². The van der Waals surface area contributed by atoms with Crippen LogP contribution in [0.2, 0.25) is 0 Å². The second kappa shape index (κ2) is 4.40. The van der Waals surface area contributed by atoms with Crippen LogP contribution in [0, 0.1) is 0 Å². The largest absolute Gasteiger partial charge is 0.376 e. The number of nitrogens with zero attached hydrogens (tertiary/aromatic N) is 2. The van der Waals surface area contributed by atoms with Gasteiger partial charge in [-0.3, -0.25) is 10.0 Å². The first-order chi connectivity index (χ1) is 8.78. The second-order valence-corrected chi connectivity index (χ2v) is 4.32. The standard InChI is InChI=1S/C12H13N3O3/c16-12(14-17)8-1-2-11-10(5-8)13-7-15(11)6-9-3-4-18-9/h1-2,5,7,9,17H,3-4,6H2,(H,14,16). The number of fused-ring (bicyclic) bond motifs is 1. The van der Waals surface area contributed by atoms with Gasteiger partial charge in [0, 0.05) is 12.2 Å². The highest BCUT2D eigenvalue weighted by atomic mass is 16.5. The van der Waals surface area contributed by atoms with E-state index >= 15 is 0 Å². The van der Waals surface area contributed by atoms with E-state index < -0.39 is 5.91 Å². The Balaban J connectivity index is 1.91. The Hall–Kier alpha value is -1.92. The number of ether oxygens (including phenoxy) is 1. The molecule has 1 aromatic carbocycles. The van der Waals surface area contributed by atoms with Gasteiger partial charge in [-0.1, -0.05) is 0 Å². The molecule has 0 saturated carbocycles. The van der Waals surface area contributed by atoms with Crippen LogP contribution >= 0.6 is 0 Å². The molecule has 2 heterocycles. The van der Waals surface area contributed by atoms with Crippen molar-refractivity contribution >= 4 is 16.9 Å². The van der Waals surface area contributed by atoms with Gasteiger partial charge >= 0.3 is 0 Å². The lowest BCUT2D eigenvalue weighted by Crippen LogP contribution is -2.30. The molecule has 6 nitrogen and oxygen atoms in total. The number of benzene rings is 1. The number of hydrogen-bond donors (Lipinski definition) is 2. The van der Waals surface area contributed by atoms with Crippen LogP contribution in [0.25, 0.3) is 11.0 Å². The summed E-state index contributed by atoms with van der Waals surface area (Å²) in [7, 11) is 0. The number of carbonyl (C=O) groups excluding carboxylic acids is 1. The molecule has 2 aromatic rings. The zero-order valence-electron chi connectivity index (χ0n) is 9.67. The molecule has 1 amide bonds. The normalized spacial score (nSPS) is 18.6. The first-order valence-corrected chi connectivity index (χ1v) is 5.79. The summed E-state index contributed by atoms with van der Waals surface area (Å²) in [5, 5.41) is 8.58. The third-order valence-electron chi connectivity index (χ3n) is 3.18. The van der Waals surface area contributed by atoms with Gasteiger partial charge in [-0.25, -0.2) is 10.5 Å². The van der Waals surface area contributed by atoms with E-state index in [2.05, 4.69) is 4.98 Å². The maximum absolute atomic E-state index is 11.3. The minimum absolute atomic E-state index is 0.266. The summed E-state index contributed by atoms with van der Waals surface area (Å²) in [6.07, 6.45) is 3.08. The van der Waals surface area contributed by atoms with Crippen LogP contribution in [0.3, 0.4) is 0 Å². The van der Waals surface area contributed by atoms with Crippen molar-refractivity contribution in [3.05, 3.63) is 30.1 Å². The molecule has 1 saturated heterocycles. The molecule has 1 aliphatic heterocycles. The number of hydrogen-bond acceptors (Lipinski definition) is 4. The number of carbonyl (C=O) groups is 1. The highest BCUT2D eigenvalue weighted by Crippen LogP contribution is 2.19. The Kier molecular flexibility index (Phi) is 2.73. The van der Waals surface area contributed by atoms with Crippen molar-refractivity contribution in [1.82, 2.24) is 15.0 Å². The maximum atomic E-state index is 11.3. The highest BCUT2D eigenvalue weighted by molar-refractivity contribution is 5.96. The fraction of sp³-hybridized carbons (Fsp3) is 0.333. The van der Waals surface area contributed by atoms with Crippen LogP contribution in [-0.4, -0.2) is 33.4 Å². The fourth-order valence-electron chi connectivity index (χ4n) is 2.06. The first-order valence-electron chi connectivity index (χ1n) is 5.79. The van der Waals surface area contributed by atoms with Gasteiger partial charge in [0.15, 0.2) is 0 Å². The van der Waals surface area contributed by atoms with Gasteiger partial charge in [0.1, 0.15) is 0 Å². The van der Waals surface area contributed by atoms with Gasteiger partial charge in [0.05, 0.1) is 30.0 Å². The number of imidazole rings is 1. The average molecular weight is 247 g/mol. The molecular formula is C12H13N3O3. The number of nitrogens with one attached hydrogen (secondary N) is 1. The van der Waals surface area contributed by atoms with Crippen molar-refractivity contribution in [3.63, 3.8) is 0 Å². The summed E-state index contributed by atoms with van der Waals surface area (Å²) in [4.78, 5) is 15.5. The molecule has 1 aliphatic rings. The lowest BCUT2D eigenvalue weighted by Gasteiger charge is -2.26. The summed E-state index contributed by atoms with van der Waals surface area (Å²) >= 11 is 0. The fourth-order valence-corrected chi connectivity index (χ4v) is 2.06. The Morgan fingerprint density at radius 1 is 1.61 bits per heavy atom. The van der Waals surface area contributed by atoms with Crippen molar-refractivity contribution in [2.45, 2.75) is 19.1 Å². The van der Waals surface area contributed by atoms with Gasteiger partial charge < -0.3 is 9.30 Å². The molecule has 94 valence electrons. The molecule has 1 atom stereocenters.